The van der Waals surface area contributed by atoms with Gasteiger partial charge >= 0.3 is 0 Å². The molecule has 1 aromatic carbocycles. The molecule has 1 aromatic rings. The van der Waals surface area contributed by atoms with Crippen molar-refractivity contribution in [3.05, 3.63) is 41.5 Å². The van der Waals surface area contributed by atoms with Crippen molar-refractivity contribution in [1.82, 2.24) is 5.32 Å². The molecule has 1 aliphatic rings. The van der Waals surface area contributed by atoms with Gasteiger partial charge in [0.15, 0.2) is 0 Å². The Balaban J connectivity index is 1.71. The number of amides is 1. The average Bonchev–Trinajstić information content (AvgIpc) is 2.90. The van der Waals surface area contributed by atoms with Gasteiger partial charge in [-0.2, -0.15) is 0 Å². The quantitative estimate of drug-likeness (QED) is 0.801. The SMILES string of the molecule is Cc1cccc(/C=C/C(=O)NCCC2CCCC2)c1. The van der Waals surface area contributed by atoms with Crippen LogP contribution in [0.25, 0.3) is 6.08 Å². The summed E-state index contributed by atoms with van der Waals surface area (Å²) in [4.78, 5) is 11.7. The van der Waals surface area contributed by atoms with Crippen LogP contribution in [0.4, 0.5) is 0 Å². The topological polar surface area (TPSA) is 29.1 Å². The summed E-state index contributed by atoms with van der Waals surface area (Å²) in [6.45, 7) is 2.86. The Hall–Kier alpha value is -1.57. The van der Waals surface area contributed by atoms with Crippen LogP contribution in [0, 0.1) is 12.8 Å². The predicted molar refractivity (Wildman–Crippen MR) is 79.8 cm³/mol. The Labute approximate surface area is 115 Å². The molecule has 1 aliphatic carbocycles. The standard InChI is InChI=1S/C17H23NO/c1-14-5-4-8-16(13-14)9-10-17(19)18-12-11-15-6-2-3-7-15/h4-5,8-10,13,15H,2-3,6-7,11-12H2,1H3,(H,18,19)/b10-9+. The van der Waals surface area contributed by atoms with Crippen molar-refractivity contribution in [3.63, 3.8) is 0 Å². The van der Waals surface area contributed by atoms with Crippen LogP contribution in [0.2, 0.25) is 0 Å². The van der Waals surface area contributed by atoms with E-state index in [1.807, 2.05) is 18.2 Å². The van der Waals surface area contributed by atoms with Crippen molar-refractivity contribution in [2.75, 3.05) is 6.54 Å². The zero-order valence-corrected chi connectivity index (χ0v) is 11.7. The van der Waals surface area contributed by atoms with Crippen molar-refractivity contribution >= 4 is 12.0 Å². The Kier molecular flexibility index (Phi) is 5.20. The molecule has 2 heteroatoms. The van der Waals surface area contributed by atoms with Crippen molar-refractivity contribution in [2.45, 2.75) is 39.0 Å². The van der Waals surface area contributed by atoms with Crippen LogP contribution in [0.5, 0.6) is 0 Å². The first-order valence-electron chi connectivity index (χ1n) is 7.26. The fraction of sp³-hybridized carbons (Fsp3) is 0.471. The molecule has 0 unspecified atom stereocenters. The number of hydrogen-bond donors (Lipinski definition) is 1. The van der Waals surface area contributed by atoms with E-state index in [0.29, 0.717) is 0 Å². The molecule has 0 saturated heterocycles. The van der Waals surface area contributed by atoms with Crippen molar-refractivity contribution in [1.29, 1.82) is 0 Å². The predicted octanol–water partition coefficient (Wildman–Crippen LogP) is 3.70. The van der Waals surface area contributed by atoms with Gasteiger partial charge in [-0.25, -0.2) is 0 Å². The average molecular weight is 257 g/mol. The van der Waals surface area contributed by atoms with E-state index in [-0.39, 0.29) is 5.91 Å². The fourth-order valence-electron chi connectivity index (χ4n) is 2.70. The third kappa shape index (κ3) is 4.90. The summed E-state index contributed by atoms with van der Waals surface area (Å²) >= 11 is 0. The zero-order valence-electron chi connectivity index (χ0n) is 11.7. The van der Waals surface area contributed by atoms with E-state index in [1.165, 1.54) is 31.2 Å². The highest BCUT2D eigenvalue weighted by Crippen LogP contribution is 2.26. The van der Waals surface area contributed by atoms with E-state index >= 15 is 0 Å². The molecule has 102 valence electrons. The molecule has 1 N–H and O–H groups in total. The molecule has 0 aromatic heterocycles. The van der Waals surface area contributed by atoms with Gasteiger partial charge in [0.05, 0.1) is 0 Å². The van der Waals surface area contributed by atoms with Gasteiger partial charge in [0, 0.05) is 12.6 Å². The molecule has 0 atom stereocenters. The molecular weight excluding hydrogens is 234 g/mol. The van der Waals surface area contributed by atoms with Crippen LogP contribution < -0.4 is 5.32 Å². The summed E-state index contributed by atoms with van der Waals surface area (Å²) in [5.41, 5.74) is 2.29. The third-order valence-electron chi connectivity index (χ3n) is 3.80. The number of aryl methyl sites for hydroxylation is 1. The number of carbonyl (C=O) groups excluding carboxylic acids is 1. The molecular formula is C17H23NO. The van der Waals surface area contributed by atoms with Crippen LogP contribution in [-0.2, 0) is 4.79 Å². The maximum Gasteiger partial charge on any atom is 0.243 e. The van der Waals surface area contributed by atoms with Gasteiger partial charge in [-0.1, -0.05) is 55.5 Å². The molecule has 0 aliphatic heterocycles. The normalized spacial score (nSPS) is 16.1. The Morgan fingerprint density at radius 3 is 2.89 bits per heavy atom. The number of nitrogens with one attached hydrogen (secondary N) is 1. The highest BCUT2D eigenvalue weighted by molar-refractivity contribution is 5.91. The lowest BCUT2D eigenvalue weighted by Gasteiger charge is -2.08. The molecule has 1 saturated carbocycles. The molecule has 0 heterocycles. The molecule has 0 radical (unpaired) electrons. The summed E-state index contributed by atoms with van der Waals surface area (Å²) in [6.07, 6.45) is 10.0. The second kappa shape index (κ2) is 7.13. The molecule has 2 nitrogen and oxygen atoms in total. The van der Waals surface area contributed by atoms with Gasteiger partial charge in [0.1, 0.15) is 0 Å². The number of benzene rings is 1. The number of hydrogen-bond acceptors (Lipinski definition) is 1. The Bertz CT molecular complexity index is 444. The van der Waals surface area contributed by atoms with Crippen LogP contribution >= 0.6 is 0 Å². The van der Waals surface area contributed by atoms with E-state index in [9.17, 15) is 4.79 Å². The second-order valence-corrected chi connectivity index (χ2v) is 5.48. The highest BCUT2D eigenvalue weighted by Gasteiger charge is 2.14. The van der Waals surface area contributed by atoms with E-state index in [2.05, 4.69) is 24.4 Å². The Morgan fingerprint density at radius 2 is 2.16 bits per heavy atom. The van der Waals surface area contributed by atoms with Crippen molar-refractivity contribution in [2.24, 2.45) is 5.92 Å². The number of rotatable bonds is 5. The van der Waals surface area contributed by atoms with Gasteiger partial charge in [0.2, 0.25) is 5.91 Å². The first-order valence-corrected chi connectivity index (χ1v) is 7.26. The van der Waals surface area contributed by atoms with E-state index in [0.717, 1.165) is 24.4 Å². The Morgan fingerprint density at radius 1 is 1.37 bits per heavy atom. The minimum atomic E-state index is 0.0134. The minimum absolute atomic E-state index is 0.0134. The second-order valence-electron chi connectivity index (χ2n) is 5.48. The molecule has 0 spiro atoms. The zero-order chi connectivity index (χ0) is 13.5. The lowest BCUT2D eigenvalue weighted by Crippen LogP contribution is -2.23. The smallest absolute Gasteiger partial charge is 0.243 e. The highest BCUT2D eigenvalue weighted by atomic mass is 16.1. The van der Waals surface area contributed by atoms with E-state index in [1.54, 1.807) is 6.08 Å². The first kappa shape index (κ1) is 13.9. The summed E-state index contributed by atoms with van der Waals surface area (Å²) in [7, 11) is 0. The van der Waals surface area contributed by atoms with Crippen LogP contribution in [0.3, 0.4) is 0 Å². The summed E-state index contributed by atoms with van der Waals surface area (Å²) in [5, 5.41) is 2.97. The molecule has 1 fully saturated rings. The molecule has 19 heavy (non-hydrogen) atoms. The lowest BCUT2D eigenvalue weighted by molar-refractivity contribution is -0.116. The first-order chi connectivity index (χ1) is 9.24. The maximum atomic E-state index is 11.7. The van der Waals surface area contributed by atoms with Crippen LogP contribution in [-0.4, -0.2) is 12.5 Å². The summed E-state index contributed by atoms with van der Waals surface area (Å²) < 4.78 is 0. The molecule has 0 bridgehead atoms. The number of carbonyl (C=O) groups is 1. The molecule has 1 amide bonds. The van der Waals surface area contributed by atoms with Crippen molar-refractivity contribution in [3.8, 4) is 0 Å². The summed E-state index contributed by atoms with van der Waals surface area (Å²) in [5.74, 6) is 0.848. The van der Waals surface area contributed by atoms with Crippen LogP contribution in [0.1, 0.15) is 43.2 Å². The maximum absolute atomic E-state index is 11.7. The van der Waals surface area contributed by atoms with E-state index in [4.69, 9.17) is 0 Å². The van der Waals surface area contributed by atoms with Gasteiger partial charge in [-0.3, -0.25) is 4.79 Å². The van der Waals surface area contributed by atoms with Crippen molar-refractivity contribution < 1.29 is 4.79 Å². The fourth-order valence-corrected chi connectivity index (χ4v) is 2.70. The minimum Gasteiger partial charge on any atom is -0.353 e. The van der Waals surface area contributed by atoms with Gasteiger partial charge in [0.25, 0.3) is 0 Å². The largest absolute Gasteiger partial charge is 0.353 e. The monoisotopic (exact) mass is 257 g/mol. The lowest BCUT2D eigenvalue weighted by atomic mass is 10.0. The van der Waals surface area contributed by atoms with E-state index < -0.39 is 0 Å². The van der Waals surface area contributed by atoms with Gasteiger partial charge in [-0.05, 0) is 30.9 Å². The third-order valence-corrected chi connectivity index (χ3v) is 3.80. The van der Waals surface area contributed by atoms with Gasteiger partial charge in [-0.15, -0.1) is 0 Å². The van der Waals surface area contributed by atoms with Crippen LogP contribution in [0.15, 0.2) is 30.3 Å². The molecule has 2 rings (SSSR count). The van der Waals surface area contributed by atoms with Gasteiger partial charge < -0.3 is 5.32 Å². The summed E-state index contributed by atoms with van der Waals surface area (Å²) in [6, 6.07) is 8.14.